The van der Waals surface area contributed by atoms with Crippen molar-refractivity contribution in [3.05, 3.63) is 86.6 Å². The minimum absolute atomic E-state index is 0.338. The van der Waals surface area contributed by atoms with Crippen LogP contribution in [0.25, 0.3) is 22.1 Å². The summed E-state index contributed by atoms with van der Waals surface area (Å²) < 4.78 is 5.40. The van der Waals surface area contributed by atoms with Gasteiger partial charge in [0, 0.05) is 15.8 Å². The third-order valence-corrected chi connectivity index (χ3v) is 5.92. The number of benzene rings is 2. The molecule has 2 aromatic carbocycles. The largest absolute Gasteiger partial charge is 0.422 e. The van der Waals surface area contributed by atoms with Crippen molar-refractivity contribution in [2.75, 3.05) is 5.32 Å². The molecule has 4 aromatic rings. The number of nitrogens with one attached hydrogen (secondary N) is 1. The summed E-state index contributed by atoms with van der Waals surface area (Å²) in [6, 6.07) is 18.0. The van der Waals surface area contributed by atoms with E-state index in [0.29, 0.717) is 32.8 Å². The van der Waals surface area contributed by atoms with Crippen LogP contribution in [0.3, 0.4) is 0 Å². The van der Waals surface area contributed by atoms with E-state index in [4.69, 9.17) is 4.42 Å². The van der Waals surface area contributed by atoms with Gasteiger partial charge in [-0.15, -0.1) is 11.3 Å². The molecule has 2 aromatic heterocycles. The predicted octanol–water partition coefficient (Wildman–Crippen LogP) is 5.26. The highest BCUT2D eigenvalue weighted by atomic mass is 32.1. The van der Waals surface area contributed by atoms with Crippen molar-refractivity contribution in [2.45, 2.75) is 13.8 Å². The van der Waals surface area contributed by atoms with Crippen LogP contribution in [0.1, 0.15) is 26.4 Å². The monoisotopic (exact) mass is 400 g/mol. The van der Waals surface area contributed by atoms with Crippen molar-refractivity contribution in [3.8, 4) is 17.2 Å². The maximum absolute atomic E-state index is 12.8. The second-order valence-corrected chi connectivity index (χ2v) is 7.84. The number of amides is 1. The number of fused-ring (bicyclic) bond motifs is 1. The number of carbonyl (C=O) groups excluding carboxylic acids is 1. The van der Waals surface area contributed by atoms with Crippen LogP contribution in [0.15, 0.2) is 63.8 Å². The molecule has 2 heterocycles. The molecule has 4 rings (SSSR count). The molecule has 142 valence electrons. The van der Waals surface area contributed by atoms with Gasteiger partial charge in [-0.05, 0) is 49.2 Å². The molecular weight excluding hydrogens is 384 g/mol. The van der Waals surface area contributed by atoms with Gasteiger partial charge in [0.1, 0.15) is 16.7 Å². The van der Waals surface area contributed by atoms with Gasteiger partial charge >= 0.3 is 5.63 Å². The van der Waals surface area contributed by atoms with E-state index in [1.54, 1.807) is 42.5 Å². The topological polar surface area (TPSA) is 83.1 Å². The van der Waals surface area contributed by atoms with Crippen LogP contribution in [0.2, 0.25) is 0 Å². The molecule has 1 amide bonds. The predicted molar refractivity (Wildman–Crippen MR) is 114 cm³/mol. The van der Waals surface area contributed by atoms with Gasteiger partial charge in [0.2, 0.25) is 0 Å². The van der Waals surface area contributed by atoms with Crippen LogP contribution in [0.5, 0.6) is 0 Å². The van der Waals surface area contributed by atoms with E-state index in [-0.39, 0.29) is 5.91 Å². The van der Waals surface area contributed by atoms with Gasteiger partial charge in [-0.3, -0.25) is 4.79 Å². The summed E-state index contributed by atoms with van der Waals surface area (Å²) in [6.45, 7) is 3.77. The molecule has 0 aliphatic heterocycles. The summed E-state index contributed by atoms with van der Waals surface area (Å²) in [5.74, 6) is -0.338. The molecule has 0 atom stereocenters. The highest BCUT2D eigenvalue weighted by Crippen LogP contribution is 2.32. The Morgan fingerprint density at radius 2 is 1.90 bits per heavy atom. The lowest BCUT2D eigenvalue weighted by Crippen LogP contribution is -2.12. The molecule has 0 aliphatic carbocycles. The van der Waals surface area contributed by atoms with Gasteiger partial charge in [-0.2, -0.15) is 5.26 Å². The first-order valence-electron chi connectivity index (χ1n) is 8.92. The highest BCUT2D eigenvalue weighted by molar-refractivity contribution is 7.16. The minimum atomic E-state index is -0.461. The van der Waals surface area contributed by atoms with Crippen LogP contribution >= 0.6 is 11.3 Å². The number of hydrogen-bond acceptors (Lipinski definition) is 5. The van der Waals surface area contributed by atoms with Gasteiger partial charge in [0.05, 0.1) is 11.1 Å². The third-order valence-electron chi connectivity index (χ3n) is 4.80. The molecule has 0 saturated carbocycles. The molecule has 0 saturated heterocycles. The van der Waals surface area contributed by atoms with E-state index in [9.17, 15) is 14.9 Å². The Morgan fingerprint density at radius 1 is 1.10 bits per heavy atom. The van der Waals surface area contributed by atoms with Crippen LogP contribution in [0.4, 0.5) is 5.00 Å². The maximum Gasteiger partial charge on any atom is 0.344 e. The molecule has 29 heavy (non-hydrogen) atoms. The number of para-hydroxylation sites is 1. The fourth-order valence-electron chi connectivity index (χ4n) is 3.12. The molecule has 1 N–H and O–H groups in total. The SMILES string of the molecule is Cc1sc(NC(=O)c2cccc(-c3cc4ccccc4oc3=O)c2)c(C#N)c1C. The molecule has 0 bridgehead atoms. The van der Waals surface area contributed by atoms with Gasteiger partial charge in [-0.25, -0.2) is 4.79 Å². The van der Waals surface area contributed by atoms with E-state index in [1.807, 2.05) is 26.0 Å². The van der Waals surface area contributed by atoms with Gasteiger partial charge in [0.15, 0.2) is 0 Å². The number of hydrogen-bond donors (Lipinski definition) is 1. The van der Waals surface area contributed by atoms with Gasteiger partial charge in [0.25, 0.3) is 5.91 Å². The molecule has 0 spiro atoms. The average Bonchev–Trinajstić information content (AvgIpc) is 3.00. The summed E-state index contributed by atoms with van der Waals surface area (Å²) in [7, 11) is 0. The van der Waals surface area contributed by atoms with Gasteiger partial charge in [-0.1, -0.05) is 30.3 Å². The lowest BCUT2D eigenvalue weighted by Gasteiger charge is -2.07. The number of nitrogens with zero attached hydrogens (tertiary/aromatic N) is 1. The van der Waals surface area contributed by atoms with E-state index < -0.39 is 5.63 Å². The first-order chi connectivity index (χ1) is 14.0. The molecule has 0 fully saturated rings. The zero-order valence-corrected chi connectivity index (χ0v) is 16.6. The van der Waals surface area contributed by atoms with E-state index >= 15 is 0 Å². The summed E-state index contributed by atoms with van der Waals surface area (Å²) in [6.07, 6.45) is 0. The molecule has 5 nitrogen and oxygen atoms in total. The number of nitriles is 1. The number of aryl methyl sites for hydroxylation is 1. The molecule has 0 radical (unpaired) electrons. The highest BCUT2D eigenvalue weighted by Gasteiger charge is 2.16. The number of carbonyl (C=O) groups is 1. The lowest BCUT2D eigenvalue weighted by molar-refractivity contribution is 0.102. The second kappa shape index (κ2) is 7.38. The van der Waals surface area contributed by atoms with Crippen molar-refractivity contribution < 1.29 is 9.21 Å². The van der Waals surface area contributed by atoms with Crippen molar-refractivity contribution >= 4 is 33.2 Å². The average molecular weight is 400 g/mol. The molecule has 0 unspecified atom stereocenters. The fourth-order valence-corrected chi connectivity index (χ4v) is 4.12. The normalized spacial score (nSPS) is 10.7. The standard InChI is InChI=1S/C23H16N2O3S/c1-13-14(2)29-22(19(13)12-24)25-21(26)17-8-5-7-15(10-17)18-11-16-6-3-4-9-20(16)28-23(18)27/h3-11H,1-2H3,(H,25,26). The van der Waals surface area contributed by atoms with Crippen molar-refractivity contribution in [2.24, 2.45) is 0 Å². The Hall–Kier alpha value is -3.69. The zero-order valence-electron chi connectivity index (χ0n) is 15.8. The molecular formula is C23H16N2O3S. The summed E-state index contributed by atoms with van der Waals surface area (Å²) in [4.78, 5) is 26.2. The van der Waals surface area contributed by atoms with Crippen molar-refractivity contribution in [3.63, 3.8) is 0 Å². The van der Waals surface area contributed by atoms with Crippen molar-refractivity contribution in [1.29, 1.82) is 5.26 Å². The summed E-state index contributed by atoms with van der Waals surface area (Å²) >= 11 is 1.37. The van der Waals surface area contributed by atoms with Gasteiger partial charge < -0.3 is 9.73 Å². The second-order valence-electron chi connectivity index (χ2n) is 6.62. The van der Waals surface area contributed by atoms with Crippen LogP contribution in [-0.2, 0) is 0 Å². The molecule has 6 heteroatoms. The zero-order chi connectivity index (χ0) is 20.5. The summed E-state index contributed by atoms with van der Waals surface area (Å²) in [5.41, 5.74) is 2.78. The first-order valence-corrected chi connectivity index (χ1v) is 9.74. The minimum Gasteiger partial charge on any atom is -0.422 e. The Labute approximate surface area is 170 Å². The van der Waals surface area contributed by atoms with E-state index in [0.717, 1.165) is 15.8 Å². The van der Waals surface area contributed by atoms with Crippen LogP contribution in [-0.4, -0.2) is 5.91 Å². The number of anilines is 1. The maximum atomic E-state index is 12.8. The quantitative estimate of drug-likeness (QED) is 0.475. The summed E-state index contributed by atoms with van der Waals surface area (Å²) in [5, 5.41) is 13.5. The Kier molecular flexibility index (Phi) is 4.75. The Balaban J connectivity index is 1.70. The Bertz CT molecular complexity index is 1360. The fraction of sp³-hybridized carbons (Fsp3) is 0.0870. The first kappa shape index (κ1) is 18.7. The van der Waals surface area contributed by atoms with Crippen LogP contribution < -0.4 is 10.9 Å². The van der Waals surface area contributed by atoms with Crippen molar-refractivity contribution in [1.82, 2.24) is 0 Å². The Morgan fingerprint density at radius 3 is 2.69 bits per heavy atom. The molecule has 0 aliphatic rings. The lowest BCUT2D eigenvalue weighted by atomic mass is 10.0. The van der Waals surface area contributed by atoms with E-state index in [2.05, 4.69) is 11.4 Å². The van der Waals surface area contributed by atoms with E-state index in [1.165, 1.54) is 11.3 Å². The third kappa shape index (κ3) is 3.44. The van der Waals surface area contributed by atoms with Crippen LogP contribution in [0, 0.1) is 25.2 Å². The smallest absolute Gasteiger partial charge is 0.344 e. The number of thiophene rings is 1. The number of rotatable bonds is 3.